The molecule has 0 N–H and O–H groups in total. The van der Waals surface area contributed by atoms with Crippen LogP contribution in [0.3, 0.4) is 0 Å². The summed E-state index contributed by atoms with van der Waals surface area (Å²) < 4.78 is 39.9. The third-order valence-electron chi connectivity index (χ3n) is 2.20. The van der Waals surface area contributed by atoms with Crippen LogP contribution in [0.2, 0.25) is 0 Å². The summed E-state index contributed by atoms with van der Waals surface area (Å²) in [5, 5.41) is 0. The molecule has 102 valence electrons. The summed E-state index contributed by atoms with van der Waals surface area (Å²) in [7, 11) is 0.540. The van der Waals surface area contributed by atoms with Gasteiger partial charge in [-0.05, 0) is 6.08 Å². The quantitative estimate of drug-likeness (QED) is 0.335. The topological polar surface area (TPSA) is 0 Å². The van der Waals surface area contributed by atoms with Gasteiger partial charge in [-0.15, -0.1) is 0 Å². The van der Waals surface area contributed by atoms with Crippen LogP contribution in [-0.2, 0) is 0 Å². The first-order valence-corrected chi connectivity index (χ1v) is 5.41. The number of benzene rings is 1. The fourth-order valence-corrected chi connectivity index (χ4v) is 1.55. The monoisotopic (exact) mass is 263 g/mol. The number of hydrogen-bond acceptors (Lipinski definition) is 0. The van der Waals surface area contributed by atoms with Gasteiger partial charge in [0.25, 0.3) is 0 Å². The number of quaternary nitrogens is 1. The van der Waals surface area contributed by atoms with E-state index in [0.29, 0.717) is 6.04 Å². The molecule has 0 heterocycles. The summed E-state index contributed by atoms with van der Waals surface area (Å²) >= 11 is 0. The highest BCUT2D eigenvalue weighted by molar-refractivity contribution is 6.50. The predicted octanol–water partition coefficient (Wildman–Crippen LogP) is 3.92. The Bertz CT molecular complexity index is 351. The Morgan fingerprint density at radius 1 is 1.06 bits per heavy atom. The molecule has 1 atom stereocenters. The largest absolute Gasteiger partial charge is 0.673 e. The fourth-order valence-electron chi connectivity index (χ4n) is 1.55. The van der Waals surface area contributed by atoms with Crippen molar-refractivity contribution in [2.24, 2.45) is 0 Å². The van der Waals surface area contributed by atoms with E-state index in [2.05, 4.69) is 52.0 Å². The van der Waals surface area contributed by atoms with Gasteiger partial charge >= 0.3 is 7.25 Å². The first-order valence-electron chi connectivity index (χ1n) is 5.41. The molecule has 0 aliphatic carbocycles. The van der Waals surface area contributed by atoms with Gasteiger partial charge < -0.3 is 21.7 Å². The van der Waals surface area contributed by atoms with Crippen LogP contribution in [0.1, 0.15) is 11.6 Å². The molecule has 1 aromatic carbocycles. The number of hydrogen-bond donors (Lipinski definition) is 0. The van der Waals surface area contributed by atoms with Crippen molar-refractivity contribution in [3.8, 4) is 0 Å². The van der Waals surface area contributed by atoms with Crippen molar-refractivity contribution in [1.29, 1.82) is 0 Å². The average Bonchev–Trinajstić information content (AvgIpc) is 2.15. The molecule has 0 radical (unpaired) electrons. The van der Waals surface area contributed by atoms with Crippen LogP contribution in [0.5, 0.6) is 0 Å². The Kier molecular flexibility index (Phi) is 6.11. The van der Waals surface area contributed by atoms with E-state index in [4.69, 9.17) is 0 Å². The first-order chi connectivity index (χ1) is 8.05. The Morgan fingerprint density at radius 2 is 1.44 bits per heavy atom. The Labute approximate surface area is 105 Å². The molecule has 1 nitrogen and oxygen atoms in total. The number of nitrogens with zero attached hydrogens (tertiary/aromatic N) is 1. The van der Waals surface area contributed by atoms with Gasteiger partial charge in [0, 0.05) is 5.56 Å². The van der Waals surface area contributed by atoms with Crippen molar-refractivity contribution in [3.05, 3.63) is 48.6 Å². The second-order valence-electron chi connectivity index (χ2n) is 4.70. The molecule has 1 aromatic rings. The zero-order chi connectivity index (χ0) is 14.4. The molecule has 0 aliphatic heterocycles. The summed E-state index contributed by atoms with van der Waals surface area (Å²) in [5.74, 6) is 0. The third kappa shape index (κ3) is 7.89. The van der Waals surface area contributed by atoms with Crippen LogP contribution in [-0.4, -0.2) is 32.9 Å². The van der Waals surface area contributed by atoms with Crippen LogP contribution in [0.4, 0.5) is 17.3 Å². The van der Waals surface area contributed by atoms with E-state index >= 15 is 0 Å². The lowest BCUT2D eigenvalue weighted by Gasteiger charge is -2.32. The van der Waals surface area contributed by atoms with E-state index in [9.17, 15) is 17.3 Å². The lowest BCUT2D eigenvalue weighted by atomic mass is 10.1. The van der Waals surface area contributed by atoms with Crippen molar-refractivity contribution in [3.63, 3.8) is 0 Å². The second kappa shape index (κ2) is 6.59. The SMILES string of the molecule is C=CC(c1ccccc1)[N+](C)(C)C.F[B-](F)(F)F. The van der Waals surface area contributed by atoms with Gasteiger partial charge in [-0.2, -0.15) is 0 Å². The number of halogens is 4. The van der Waals surface area contributed by atoms with E-state index < -0.39 is 7.25 Å². The predicted molar refractivity (Wildman–Crippen MR) is 67.6 cm³/mol. The molecule has 0 fully saturated rings. The zero-order valence-corrected chi connectivity index (χ0v) is 10.8. The van der Waals surface area contributed by atoms with E-state index in [1.165, 1.54) is 5.56 Å². The molecule has 18 heavy (non-hydrogen) atoms. The standard InChI is InChI=1S/C12H18N.BF4/c1-5-12(13(2,3)4)11-9-7-6-8-10-11;2-1(3,4)5/h5-10,12H,1H2,2-4H3;/q+1;-1. The lowest BCUT2D eigenvalue weighted by molar-refractivity contribution is -0.895. The van der Waals surface area contributed by atoms with Gasteiger partial charge in [0.05, 0.1) is 21.1 Å². The molecule has 0 aromatic heterocycles. The van der Waals surface area contributed by atoms with Gasteiger partial charge in [-0.1, -0.05) is 36.9 Å². The number of rotatable bonds is 3. The minimum Gasteiger partial charge on any atom is -0.418 e. The maximum atomic E-state index is 9.75. The zero-order valence-electron chi connectivity index (χ0n) is 10.8. The van der Waals surface area contributed by atoms with Crippen molar-refractivity contribution in [2.75, 3.05) is 21.1 Å². The molecule has 0 saturated carbocycles. The van der Waals surface area contributed by atoms with Gasteiger partial charge in [-0.25, -0.2) is 0 Å². The Balaban J connectivity index is 0.000000494. The molecular formula is C12H18BF4N. The molecule has 0 bridgehead atoms. The van der Waals surface area contributed by atoms with E-state index in [-0.39, 0.29) is 0 Å². The van der Waals surface area contributed by atoms with Crippen molar-refractivity contribution in [1.82, 2.24) is 0 Å². The summed E-state index contributed by atoms with van der Waals surface area (Å²) in [6.07, 6.45) is 2.01. The molecule has 0 aliphatic rings. The van der Waals surface area contributed by atoms with Gasteiger partial charge in [0.15, 0.2) is 0 Å². The molecule has 1 rings (SSSR count). The fraction of sp³-hybridized carbons (Fsp3) is 0.333. The molecule has 0 saturated heterocycles. The first kappa shape index (κ1) is 16.7. The molecule has 0 amide bonds. The average molecular weight is 263 g/mol. The molecule has 6 heteroatoms. The highest BCUT2D eigenvalue weighted by Gasteiger charge is 2.21. The summed E-state index contributed by atoms with van der Waals surface area (Å²) in [6.45, 7) is 3.89. The van der Waals surface area contributed by atoms with Crippen LogP contribution in [0.25, 0.3) is 0 Å². The van der Waals surface area contributed by atoms with Crippen LogP contribution in [0, 0.1) is 0 Å². The van der Waals surface area contributed by atoms with Gasteiger partial charge in [0.1, 0.15) is 6.04 Å². The summed E-state index contributed by atoms with van der Waals surface area (Å²) in [6, 6.07) is 10.9. The Hall–Kier alpha value is -1.30. The van der Waals surface area contributed by atoms with E-state index in [0.717, 1.165) is 4.48 Å². The lowest BCUT2D eigenvalue weighted by Crippen LogP contribution is -2.37. The Morgan fingerprint density at radius 3 is 1.72 bits per heavy atom. The third-order valence-corrected chi connectivity index (χ3v) is 2.20. The minimum atomic E-state index is -6.00. The highest BCUT2D eigenvalue weighted by atomic mass is 19.5. The summed E-state index contributed by atoms with van der Waals surface area (Å²) in [4.78, 5) is 0. The molecular weight excluding hydrogens is 245 g/mol. The normalized spacial score (nSPS) is 13.3. The minimum absolute atomic E-state index is 0.376. The van der Waals surface area contributed by atoms with Gasteiger partial charge in [-0.3, -0.25) is 0 Å². The maximum absolute atomic E-state index is 9.75. The van der Waals surface area contributed by atoms with Crippen LogP contribution in [0.15, 0.2) is 43.0 Å². The highest BCUT2D eigenvalue weighted by Crippen LogP contribution is 2.23. The van der Waals surface area contributed by atoms with Crippen molar-refractivity contribution >= 4 is 7.25 Å². The summed E-state index contributed by atoms with van der Waals surface area (Å²) in [5.41, 5.74) is 1.32. The number of likely N-dealkylation sites (N-methyl/N-ethyl adjacent to an activating group) is 1. The van der Waals surface area contributed by atoms with Gasteiger partial charge in [0.2, 0.25) is 0 Å². The van der Waals surface area contributed by atoms with Crippen LogP contribution < -0.4 is 0 Å². The smallest absolute Gasteiger partial charge is 0.418 e. The van der Waals surface area contributed by atoms with Crippen molar-refractivity contribution < 1.29 is 21.7 Å². The molecule has 1 unspecified atom stereocenters. The van der Waals surface area contributed by atoms with E-state index in [1.807, 2.05) is 12.1 Å². The molecule has 0 spiro atoms. The second-order valence-corrected chi connectivity index (χ2v) is 4.70. The van der Waals surface area contributed by atoms with E-state index in [1.54, 1.807) is 0 Å². The van der Waals surface area contributed by atoms with Crippen molar-refractivity contribution in [2.45, 2.75) is 6.04 Å². The van der Waals surface area contributed by atoms with Crippen LogP contribution >= 0.6 is 0 Å². The maximum Gasteiger partial charge on any atom is 0.673 e.